The molecule has 1 aliphatic carbocycles. The molecule has 1 aromatic rings. The van der Waals surface area contributed by atoms with E-state index in [4.69, 9.17) is 4.74 Å². The van der Waals surface area contributed by atoms with Crippen LogP contribution in [0.1, 0.15) is 78.2 Å². The third-order valence-corrected chi connectivity index (χ3v) is 6.46. The summed E-state index contributed by atoms with van der Waals surface area (Å²) in [5, 5.41) is 3.71. The standard InChI is InChI=1S/C23H34N2O2/c1-20(2)16-22(17-21(3,4)24-20)19(26)25(15-18-11-7-5-8-12-18)23(27-22)13-9-6-10-14-23/h5,7-8,11-12,24H,6,9-10,13-17H2,1-4H3. The third kappa shape index (κ3) is 3.42. The molecule has 148 valence electrons. The maximum atomic E-state index is 13.9. The van der Waals surface area contributed by atoms with Crippen molar-refractivity contribution in [1.29, 1.82) is 0 Å². The molecule has 2 saturated heterocycles. The first kappa shape index (κ1) is 18.9. The van der Waals surface area contributed by atoms with Crippen LogP contribution in [0.25, 0.3) is 0 Å². The van der Waals surface area contributed by atoms with E-state index in [1.807, 2.05) is 6.07 Å². The van der Waals surface area contributed by atoms with Gasteiger partial charge in [-0.15, -0.1) is 0 Å². The number of nitrogens with zero attached hydrogens (tertiary/aromatic N) is 1. The number of amides is 1. The quantitative estimate of drug-likeness (QED) is 0.840. The van der Waals surface area contributed by atoms with Gasteiger partial charge >= 0.3 is 0 Å². The van der Waals surface area contributed by atoms with E-state index >= 15 is 0 Å². The summed E-state index contributed by atoms with van der Waals surface area (Å²) < 4.78 is 6.92. The summed E-state index contributed by atoms with van der Waals surface area (Å²) in [6, 6.07) is 10.4. The lowest BCUT2D eigenvalue weighted by molar-refractivity contribution is -0.182. The number of hydrogen-bond acceptors (Lipinski definition) is 3. The monoisotopic (exact) mass is 370 g/mol. The molecule has 3 aliphatic rings. The molecule has 4 nitrogen and oxygen atoms in total. The van der Waals surface area contributed by atoms with Gasteiger partial charge in [0.05, 0.1) is 0 Å². The fourth-order valence-corrected chi connectivity index (χ4v) is 6.07. The second-order valence-electron chi connectivity index (χ2n) is 10.2. The number of rotatable bonds is 2. The highest BCUT2D eigenvalue weighted by Gasteiger charge is 2.64. The van der Waals surface area contributed by atoms with E-state index in [1.54, 1.807) is 0 Å². The fraction of sp³-hybridized carbons (Fsp3) is 0.696. The molecule has 1 aromatic carbocycles. The van der Waals surface area contributed by atoms with Crippen LogP contribution in [0.2, 0.25) is 0 Å². The molecular weight excluding hydrogens is 336 g/mol. The Morgan fingerprint density at radius 3 is 2.15 bits per heavy atom. The minimum atomic E-state index is -0.704. The smallest absolute Gasteiger partial charge is 0.257 e. The molecule has 3 fully saturated rings. The van der Waals surface area contributed by atoms with Crippen LogP contribution in [0, 0.1) is 0 Å². The van der Waals surface area contributed by atoms with Crippen LogP contribution in [-0.2, 0) is 16.1 Å². The van der Waals surface area contributed by atoms with Gasteiger partial charge in [0.15, 0.2) is 5.60 Å². The van der Waals surface area contributed by atoms with E-state index in [1.165, 1.54) is 12.0 Å². The van der Waals surface area contributed by atoms with Crippen molar-refractivity contribution in [3.63, 3.8) is 0 Å². The van der Waals surface area contributed by atoms with Crippen molar-refractivity contribution in [2.24, 2.45) is 0 Å². The SMILES string of the molecule is CC1(C)CC2(CC(C)(C)N1)OC1(CCCCC1)N(Cc1ccccc1)C2=O. The Bertz CT molecular complexity index is 688. The number of benzene rings is 1. The fourth-order valence-electron chi connectivity index (χ4n) is 6.07. The number of ether oxygens (including phenoxy) is 1. The summed E-state index contributed by atoms with van der Waals surface area (Å²) in [7, 11) is 0. The Balaban J connectivity index is 1.72. The van der Waals surface area contributed by atoms with Crippen molar-refractivity contribution >= 4 is 5.91 Å². The molecule has 0 radical (unpaired) electrons. The van der Waals surface area contributed by atoms with Gasteiger partial charge in [-0.2, -0.15) is 0 Å². The number of carbonyl (C=O) groups excluding carboxylic acids is 1. The second kappa shape index (κ2) is 6.31. The minimum absolute atomic E-state index is 0.129. The highest BCUT2D eigenvalue weighted by Crippen LogP contribution is 2.52. The number of piperidine rings is 1. The van der Waals surface area contributed by atoms with Crippen LogP contribution < -0.4 is 5.32 Å². The Kier molecular flexibility index (Phi) is 4.43. The van der Waals surface area contributed by atoms with Gasteiger partial charge in [0, 0.05) is 30.5 Å². The van der Waals surface area contributed by atoms with Gasteiger partial charge in [-0.1, -0.05) is 36.8 Å². The average Bonchev–Trinajstić information content (AvgIpc) is 2.75. The predicted octanol–water partition coefficient (Wildman–Crippen LogP) is 4.39. The van der Waals surface area contributed by atoms with Gasteiger partial charge in [-0.3, -0.25) is 4.79 Å². The van der Waals surface area contributed by atoms with Crippen LogP contribution >= 0.6 is 0 Å². The first-order valence-electron chi connectivity index (χ1n) is 10.5. The van der Waals surface area contributed by atoms with Gasteiger partial charge in [-0.05, 0) is 58.9 Å². The molecule has 4 heteroatoms. The first-order chi connectivity index (χ1) is 12.7. The summed E-state index contributed by atoms with van der Waals surface area (Å²) in [4.78, 5) is 16.0. The van der Waals surface area contributed by atoms with Gasteiger partial charge in [-0.25, -0.2) is 0 Å². The lowest BCUT2D eigenvalue weighted by atomic mass is 9.72. The molecule has 1 saturated carbocycles. The van der Waals surface area contributed by atoms with E-state index in [0.717, 1.165) is 38.5 Å². The summed E-state index contributed by atoms with van der Waals surface area (Å²) in [6.07, 6.45) is 6.90. The first-order valence-corrected chi connectivity index (χ1v) is 10.5. The number of hydrogen-bond donors (Lipinski definition) is 1. The van der Waals surface area contributed by atoms with E-state index in [0.29, 0.717) is 6.54 Å². The lowest BCUT2D eigenvalue weighted by Crippen LogP contribution is -2.65. The maximum absolute atomic E-state index is 13.9. The van der Waals surface area contributed by atoms with Crippen molar-refractivity contribution < 1.29 is 9.53 Å². The van der Waals surface area contributed by atoms with E-state index < -0.39 is 11.3 Å². The van der Waals surface area contributed by atoms with Crippen molar-refractivity contribution in [3.8, 4) is 0 Å². The molecular formula is C23H34N2O2. The zero-order chi connectivity index (χ0) is 19.3. The molecule has 27 heavy (non-hydrogen) atoms. The van der Waals surface area contributed by atoms with Crippen molar-refractivity contribution in [2.45, 2.75) is 102 Å². The third-order valence-electron chi connectivity index (χ3n) is 6.46. The number of nitrogens with one attached hydrogen (secondary N) is 1. The Hall–Kier alpha value is -1.39. The topological polar surface area (TPSA) is 41.6 Å². The molecule has 0 atom stereocenters. The van der Waals surface area contributed by atoms with Crippen LogP contribution in [-0.4, -0.2) is 33.2 Å². The molecule has 2 spiro atoms. The summed E-state index contributed by atoms with van der Waals surface area (Å²) in [6.45, 7) is 9.43. The van der Waals surface area contributed by atoms with Gasteiger partial charge in [0.2, 0.25) is 0 Å². The minimum Gasteiger partial charge on any atom is -0.339 e. The molecule has 2 heterocycles. The van der Waals surface area contributed by atoms with Crippen molar-refractivity contribution in [1.82, 2.24) is 10.2 Å². The molecule has 0 bridgehead atoms. The number of carbonyl (C=O) groups is 1. The summed E-state index contributed by atoms with van der Waals surface area (Å²) in [5.41, 5.74) is -0.200. The Morgan fingerprint density at radius 2 is 1.56 bits per heavy atom. The maximum Gasteiger partial charge on any atom is 0.257 e. The summed E-state index contributed by atoms with van der Waals surface area (Å²) >= 11 is 0. The second-order valence-corrected chi connectivity index (χ2v) is 10.2. The molecule has 4 rings (SSSR count). The van der Waals surface area contributed by atoms with Crippen molar-refractivity contribution in [2.75, 3.05) is 0 Å². The van der Waals surface area contributed by atoms with Gasteiger partial charge in [0.25, 0.3) is 5.91 Å². The van der Waals surface area contributed by atoms with E-state index in [-0.39, 0.29) is 17.0 Å². The van der Waals surface area contributed by atoms with E-state index in [2.05, 4.69) is 62.2 Å². The normalized spacial score (nSPS) is 28.0. The predicted molar refractivity (Wildman–Crippen MR) is 107 cm³/mol. The van der Waals surface area contributed by atoms with Crippen LogP contribution in [0.3, 0.4) is 0 Å². The molecule has 0 aromatic heterocycles. The van der Waals surface area contributed by atoms with Crippen LogP contribution in [0.5, 0.6) is 0 Å². The lowest BCUT2D eigenvalue weighted by Gasteiger charge is -2.50. The Labute approximate surface area is 163 Å². The zero-order valence-electron chi connectivity index (χ0n) is 17.3. The van der Waals surface area contributed by atoms with Crippen LogP contribution in [0.15, 0.2) is 30.3 Å². The van der Waals surface area contributed by atoms with Crippen LogP contribution in [0.4, 0.5) is 0 Å². The molecule has 2 aliphatic heterocycles. The molecule has 1 amide bonds. The van der Waals surface area contributed by atoms with E-state index in [9.17, 15) is 4.79 Å². The largest absolute Gasteiger partial charge is 0.339 e. The van der Waals surface area contributed by atoms with Gasteiger partial charge in [0.1, 0.15) is 5.72 Å². The highest BCUT2D eigenvalue weighted by atomic mass is 16.6. The summed E-state index contributed by atoms with van der Waals surface area (Å²) in [5.74, 6) is 0.205. The van der Waals surface area contributed by atoms with Crippen molar-refractivity contribution in [3.05, 3.63) is 35.9 Å². The zero-order valence-corrected chi connectivity index (χ0v) is 17.3. The average molecular weight is 371 g/mol. The molecule has 1 N–H and O–H groups in total. The van der Waals surface area contributed by atoms with Gasteiger partial charge < -0.3 is 15.0 Å². The highest BCUT2D eigenvalue weighted by molar-refractivity contribution is 5.88. The molecule has 0 unspecified atom stereocenters. The Morgan fingerprint density at radius 1 is 0.963 bits per heavy atom.